The first-order chi connectivity index (χ1) is 47.7. The number of esters is 4. The quantitative estimate of drug-likeness (QED) is 0.0169. The molecule has 98 heavy (non-hydrogen) atoms. The van der Waals surface area contributed by atoms with Gasteiger partial charge in [-0.1, -0.05) is 280 Å². The van der Waals surface area contributed by atoms with Crippen LogP contribution in [0.2, 0.25) is 0 Å². The minimum atomic E-state index is -4.98. The van der Waals surface area contributed by atoms with Crippen LogP contribution >= 0.6 is 15.6 Å². The molecule has 19 heteroatoms. The summed E-state index contributed by atoms with van der Waals surface area (Å²) in [6.45, 7) is 4.64. The van der Waals surface area contributed by atoms with E-state index in [-0.39, 0.29) is 25.7 Å². The zero-order valence-electron chi connectivity index (χ0n) is 62.0. The fourth-order valence-corrected chi connectivity index (χ4v) is 12.1. The second-order valence-electron chi connectivity index (χ2n) is 25.9. The predicted molar refractivity (Wildman–Crippen MR) is 399 cm³/mol. The van der Waals surface area contributed by atoms with Crippen molar-refractivity contribution in [1.82, 2.24) is 0 Å². The maximum Gasteiger partial charge on any atom is 0.472 e. The van der Waals surface area contributed by atoms with Crippen LogP contribution in [0.5, 0.6) is 0 Å². The molecule has 0 fully saturated rings. The van der Waals surface area contributed by atoms with E-state index in [0.717, 1.165) is 167 Å². The standard InChI is InChI=1S/C79H140O17P2/c1-5-9-13-17-21-25-29-33-36-40-43-47-51-55-59-63-76(81)89-69-74(95-78(83)65-61-57-53-49-45-39-32-28-24-20-16-12-8-4)71-93-97(85,86)91-67-73(80)68-92-98(87,88)94-72-75(96-79(84)66-62-58-54-50-46-42-38-35-31-27-23-19-15-11-7-3)70-90-77(82)64-60-56-52-48-44-41-37-34-30-26-22-18-14-10-6-2/h10-11,14-15,22-23,26-27,33-38,73-75,80H,5-9,12-13,16-21,24-25,28-32,39-72H2,1-4H3,(H,85,86)(H,87,88)/b14-10-,15-11-,26-22-,27-23-,36-33-,37-34-,38-35-. The second kappa shape index (κ2) is 71.6. The lowest BCUT2D eigenvalue weighted by atomic mass is 10.0. The van der Waals surface area contributed by atoms with Crippen LogP contribution in [0.4, 0.5) is 0 Å². The Morgan fingerprint density at radius 1 is 0.296 bits per heavy atom. The van der Waals surface area contributed by atoms with Crippen molar-refractivity contribution in [3.05, 3.63) is 85.1 Å². The number of ether oxygens (including phenoxy) is 4. The van der Waals surface area contributed by atoms with Crippen molar-refractivity contribution in [2.45, 2.75) is 354 Å². The van der Waals surface area contributed by atoms with E-state index in [2.05, 4.69) is 113 Å². The van der Waals surface area contributed by atoms with Crippen molar-refractivity contribution in [2.24, 2.45) is 0 Å². The fourth-order valence-electron chi connectivity index (χ4n) is 10.5. The average Bonchev–Trinajstić information content (AvgIpc) is 1.04. The summed E-state index contributed by atoms with van der Waals surface area (Å²) in [6.07, 6.45) is 72.8. The second-order valence-corrected chi connectivity index (χ2v) is 28.8. The van der Waals surface area contributed by atoms with Crippen molar-refractivity contribution < 1.29 is 80.2 Å². The Kier molecular flexibility index (Phi) is 68.9. The van der Waals surface area contributed by atoms with Gasteiger partial charge in [-0.2, -0.15) is 0 Å². The number of allylic oxidation sites excluding steroid dienone is 14. The van der Waals surface area contributed by atoms with Gasteiger partial charge in [0.15, 0.2) is 12.2 Å². The van der Waals surface area contributed by atoms with Crippen molar-refractivity contribution in [2.75, 3.05) is 39.6 Å². The number of aliphatic hydroxyl groups is 1. The first kappa shape index (κ1) is 94.2. The molecule has 0 aromatic rings. The summed E-state index contributed by atoms with van der Waals surface area (Å²) in [5.41, 5.74) is 0. The molecule has 0 amide bonds. The molecule has 17 nitrogen and oxygen atoms in total. The molecule has 0 saturated carbocycles. The average molecular weight is 1420 g/mol. The highest BCUT2D eigenvalue weighted by molar-refractivity contribution is 7.47. The minimum Gasteiger partial charge on any atom is -0.462 e. The fraction of sp³-hybridized carbons (Fsp3) is 0.772. The lowest BCUT2D eigenvalue weighted by Crippen LogP contribution is -2.30. The number of hydrogen-bond donors (Lipinski definition) is 3. The number of rotatable bonds is 73. The first-order valence-electron chi connectivity index (χ1n) is 38.8. The number of hydrogen-bond acceptors (Lipinski definition) is 15. The van der Waals surface area contributed by atoms with Gasteiger partial charge < -0.3 is 33.8 Å². The maximum atomic E-state index is 13.1. The van der Waals surface area contributed by atoms with E-state index in [1.54, 1.807) is 0 Å². The van der Waals surface area contributed by atoms with E-state index >= 15 is 0 Å². The van der Waals surface area contributed by atoms with Gasteiger partial charge in [0.1, 0.15) is 19.3 Å². The normalized spacial score (nSPS) is 14.4. The van der Waals surface area contributed by atoms with Gasteiger partial charge in [-0.25, -0.2) is 9.13 Å². The van der Waals surface area contributed by atoms with Crippen molar-refractivity contribution in [1.29, 1.82) is 0 Å². The third kappa shape index (κ3) is 70.7. The zero-order chi connectivity index (χ0) is 71.8. The summed E-state index contributed by atoms with van der Waals surface area (Å²) in [4.78, 5) is 72.9. The molecule has 0 aliphatic heterocycles. The summed E-state index contributed by atoms with van der Waals surface area (Å²) in [6, 6.07) is 0. The Morgan fingerprint density at radius 3 is 0.827 bits per heavy atom. The Balaban J connectivity index is 5.36. The third-order valence-corrected chi connectivity index (χ3v) is 18.3. The third-order valence-electron chi connectivity index (χ3n) is 16.4. The monoisotopic (exact) mass is 1420 g/mol. The van der Waals surface area contributed by atoms with E-state index in [9.17, 15) is 43.2 Å². The van der Waals surface area contributed by atoms with Gasteiger partial charge in [-0.15, -0.1) is 0 Å². The molecule has 0 bridgehead atoms. The molecule has 0 aromatic carbocycles. The summed E-state index contributed by atoms with van der Waals surface area (Å²) in [7, 11) is -9.95. The van der Waals surface area contributed by atoms with Gasteiger partial charge >= 0.3 is 39.5 Å². The van der Waals surface area contributed by atoms with E-state index in [4.69, 9.17) is 37.0 Å². The highest BCUT2D eigenvalue weighted by atomic mass is 31.2. The molecule has 0 aliphatic carbocycles. The molecule has 0 rings (SSSR count). The van der Waals surface area contributed by atoms with Gasteiger partial charge in [-0.3, -0.25) is 37.3 Å². The molecule has 0 aromatic heterocycles. The number of aliphatic hydroxyl groups excluding tert-OH is 1. The van der Waals surface area contributed by atoms with Gasteiger partial charge in [-0.05, 0) is 116 Å². The number of carbonyl (C=O) groups is 4. The van der Waals surface area contributed by atoms with Crippen LogP contribution in [-0.2, 0) is 65.4 Å². The van der Waals surface area contributed by atoms with Gasteiger partial charge in [0.05, 0.1) is 26.4 Å². The zero-order valence-corrected chi connectivity index (χ0v) is 63.7. The van der Waals surface area contributed by atoms with Crippen LogP contribution < -0.4 is 0 Å². The number of carbonyl (C=O) groups excluding carboxylic acids is 4. The maximum absolute atomic E-state index is 13.1. The minimum absolute atomic E-state index is 0.0723. The molecule has 0 radical (unpaired) electrons. The number of phosphoric acid groups is 2. The molecule has 5 unspecified atom stereocenters. The smallest absolute Gasteiger partial charge is 0.462 e. The predicted octanol–water partition coefficient (Wildman–Crippen LogP) is 22.2. The van der Waals surface area contributed by atoms with Crippen LogP contribution in [0.25, 0.3) is 0 Å². The Morgan fingerprint density at radius 2 is 0.531 bits per heavy atom. The van der Waals surface area contributed by atoms with Crippen LogP contribution in [0, 0.1) is 0 Å². The van der Waals surface area contributed by atoms with Crippen LogP contribution in [-0.4, -0.2) is 96.7 Å². The summed E-state index contributed by atoms with van der Waals surface area (Å²) >= 11 is 0. The molecule has 0 aliphatic rings. The Labute approximate surface area is 595 Å². The van der Waals surface area contributed by atoms with E-state index in [1.807, 2.05) is 0 Å². The van der Waals surface area contributed by atoms with E-state index in [1.165, 1.54) is 89.9 Å². The SMILES string of the molecule is CC/C=C\C/C=C\C/C=C\CCCCCCCC(=O)OCC(COP(=O)(O)OCC(O)COP(=O)(O)OCC(COC(=O)CCCCCCC/C=C\CCCCCCCC)OC(=O)CCCCCCCCCCCCCCC)OC(=O)CCCCCCC/C=C\C/C=C\C/C=C\CC. The van der Waals surface area contributed by atoms with Gasteiger partial charge in [0.25, 0.3) is 0 Å². The number of phosphoric ester groups is 2. The molecule has 3 N–H and O–H groups in total. The highest BCUT2D eigenvalue weighted by Crippen LogP contribution is 2.45. The summed E-state index contributed by atoms with van der Waals surface area (Å²) in [5, 5.41) is 10.6. The summed E-state index contributed by atoms with van der Waals surface area (Å²) < 4.78 is 68.5. The van der Waals surface area contributed by atoms with Gasteiger partial charge in [0.2, 0.25) is 0 Å². The van der Waals surface area contributed by atoms with Crippen molar-refractivity contribution in [3.8, 4) is 0 Å². The molecular formula is C79H140O17P2. The highest BCUT2D eigenvalue weighted by Gasteiger charge is 2.30. The molecule has 0 saturated heterocycles. The van der Waals surface area contributed by atoms with Crippen LogP contribution in [0.3, 0.4) is 0 Å². The number of unbranched alkanes of at least 4 members (excludes halogenated alkanes) is 33. The van der Waals surface area contributed by atoms with Crippen molar-refractivity contribution in [3.63, 3.8) is 0 Å². The van der Waals surface area contributed by atoms with E-state index < -0.39 is 97.5 Å². The first-order valence-corrected chi connectivity index (χ1v) is 41.8. The Hall–Kier alpha value is -3.76. The Bertz CT molecular complexity index is 2190. The van der Waals surface area contributed by atoms with E-state index in [0.29, 0.717) is 25.7 Å². The van der Waals surface area contributed by atoms with Crippen LogP contribution in [0.1, 0.15) is 336 Å². The summed E-state index contributed by atoms with van der Waals surface area (Å²) in [5.74, 6) is -2.20. The van der Waals surface area contributed by atoms with Crippen molar-refractivity contribution >= 4 is 39.5 Å². The lowest BCUT2D eigenvalue weighted by molar-refractivity contribution is -0.161. The largest absolute Gasteiger partial charge is 0.472 e. The molecule has 0 heterocycles. The lowest BCUT2D eigenvalue weighted by Gasteiger charge is -2.21. The molecule has 0 spiro atoms. The van der Waals surface area contributed by atoms with Crippen LogP contribution in [0.15, 0.2) is 85.1 Å². The topological polar surface area (TPSA) is 237 Å². The molecule has 5 atom stereocenters. The molecule has 568 valence electrons. The van der Waals surface area contributed by atoms with Gasteiger partial charge in [0, 0.05) is 25.7 Å². The molecular weight excluding hydrogens is 1280 g/mol.